The van der Waals surface area contributed by atoms with Gasteiger partial charge in [0, 0.05) is 18.1 Å². The van der Waals surface area contributed by atoms with Crippen molar-refractivity contribution in [2.75, 3.05) is 0 Å². The number of nitrogens with one attached hydrogen (secondary N) is 2. The predicted octanol–water partition coefficient (Wildman–Crippen LogP) is 2.16. The summed E-state index contributed by atoms with van der Waals surface area (Å²) in [4.78, 5) is 0. The molecule has 5 heteroatoms. The van der Waals surface area contributed by atoms with Crippen LogP contribution in [-0.2, 0) is 10.0 Å². The summed E-state index contributed by atoms with van der Waals surface area (Å²) in [6.07, 6.45) is 11.7. The van der Waals surface area contributed by atoms with Crippen LogP contribution in [0.2, 0.25) is 0 Å². The quantitative estimate of drug-likeness (QED) is 0.818. The summed E-state index contributed by atoms with van der Waals surface area (Å²) in [7, 11) is -3.05. The summed E-state index contributed by atoms with van der Waals surface area (Å²) in [5, 5.41) is 3.76. The fraction of sp³-hybridized carbons (Fsp3) is 1.00. The van der Waals surface area contributed by atoms with E-state index in [0.717, 1.165) is 43.9 Å². The van der Waals surface area contributed by atoms with Gasteiger partial charge in [-0.25, -0.2) is 13.1 Å². The largest absolute Gasteiger partial charge is 0.309 e. The van der Waals surface area contributed by atoms with Gasteiger partial charge in [0.05, 0.1) is 5.25 Å². The van der Waals surface area contributed by atoms with Crippen LogP contribution < -0.4 is 10.0 Å². The van der Waals surface area contributed by atoms with Crippen LogP contribution in [0.5, 0.6) is 0 Å². The van der Waals surface area contributed by atoms with Crippen LogP contribution in [0.1, 0.15) is 64.2 Å². The van der Waals surface area contributed by atoms with Crippen LogP contribution in [-0.4, -0.2) is 31.8 Å². The highest BCUT2D eigenvalue weighted by Gasteiger charge is 2.46. The molecule has 0 saturated heterocycles. The molecule has 4 nitrogen and oxygen atoms in total. The van der Waals surface area contributed by atoms with Gasteiger partial charge in [-0.3, -0.25) is 0 Å². The average molecular weight is 312 g/mol. The number of rotatable bonds is 5. The first-order chi connectivity index (χ1) is 10.1. The highest BCUT2D eigenvalue weighted by atomic mass is 32.2. The van der Waals surface area contributed by atoms with Gasteiger partial charge in [-0.15, -0.1) is 0 Å². The highest BCUT2D eigenvalue weighted by Crippen LogP contribution is 2.49. The van der Waals surface area contributed by atoms with Gasteiger partial charge in [-0.2, -0.15) is 0 Å². The fourth-order valence-corrected chi connectivity index (χ4v) is 6.20. The Labute approximate surface area is 128 Å². The molecule has 0 spiro atoms. The van der Waals surface area contributed by atoms with Gasteiger partial charge in [0.25, 0.3) is 0 Å². The van der Waals surface area contributed by atoms with E-state index in [1.54, 1.807) is 0 Å². The van der Waals surface area contributed by atoms with Crippen molar-refractivity contribution < 1.29 is 8.42 Å². The SMILES string of the molecule is O=S(=O)(N[C@@H]1CCCC[C@H]1NC1CCC[C@@H]2C[C@H]12)C1CC1. The van der Waals surface area contributed by atoms with Crippen molar-refractivity contribution in [1.29, 1.82) is 0 Å². The summed E-state index contributed by atoms with van der Waals surface area (Å²) >= 11 is 0. The average Bonchev–Trinajstić information content (AvgIpc) is 3.33. The van der Waals surface area contributed by atoms with Crippen LogP contribution in [0.3, 0.4) is 0 Å². The first kappa shape index (κ1) is 14.5. The zero-order valence-corrected chi connectivity index (χ0v) is 13.6. The van der Waals surface area contributed by atoms with Crippen LogP contribution in [0.25, 0.3) is 0 Å². The van der Waals surface area contributed by atoms with E-state index in [4.69, 9.17) is 0 Å². The van der Waals surface area contributed by atoms with Gasteiger partial charge >= 0.3 is 0 Å². The van der Waals surface area contributed by atoms with Crippen molar-refractivity contribution in [3.63, 3.8) is 0 Å². The lowest BCUT2D eigenvalue weighted by molar-refractivity contribution is 0.248. The molecule has 0 aliphatic heterocycles. The summed E-state index contributed by atoms with van der Waals surface area (Å²) in [6, 6.07) is 1.14. The number of hydrogen-bond acceptors (Lipinski definition) is 3. The Balaban J connectivity index is 1.39. The van der Waals surface area contributed by atoms with Crippen LogP contribution in [0.4, 0.5) is 0 Å². The van der Waals surface area contributed by atoms with E-state index in [1.807, 2.05) is 0 Å². The number of fused-ring (bicyclic) bond motifs is 1. The Morgan fingerprint density at radius 1 is 0.762 bits per heavy atom. The fourth-order valence-electron chi connectivity index (χ4n) is 4.55. The third-order valence-corrected chi connectivity index (χ3v) is 8.04. The van der Waals surface area contributed by atoms with Crippen molar-refractivity contribution in [3.05, 3.63) is 0 Å². The van der Waals surface area contributed by atoms with E-state index in [9.17, 15) is 8.42 Å². The Bertz CT molecular complexity index is 489. The Kier molecular flexibility index (Phi) is 3.79. The summed E-state index contributed by atoms with van der Waals surface area (Å²) < 4.78 is 27.5. The van der Waals surface area contributed by atoms with Crippen molar-refractivity contribution in [2.45, 2.75) is 87.6 Å². The van der Waals surface area contributed by atoms with Crippen molar-refractivity contribution in [2.24, 2.45) is 11.8 Å². The normalized spacial score (nSPS) is 43.3. The topological polar surface area (TPSA) is 58.2 Å². The lowest BCUT2D eigenvalue weighted by Crippen LogP contribution is -2.55. The van der Waals surface area contributed by atoms with Crippen molar-refractivity contribution >= 4 is 10.0 Å². The van der Waals surface area contributed by atoms with E-state index >= 15 is 0 Å². The molecule has 21 heavy (non-hydrogen) atoms. The molecule has 0 aromatic rings. The second-order valence-corrected chi connectivity index (χ2v) is 9.72. The molecule has 4 aliphatic rings. The second-order valence-electron chi connectivity index (χ2n) is 7.72. The van der Waals surface area contributed by atoms with Crippen molar-refractivity contribution in [1.82, 2.24) is 10.0 Å². The molecule has 120 valence electrons. The maximum Gasteiger partial charge on any atom is 0.214 e. The first-order valence-electron chi connectivity index (χ1n) is 8.91. The van der Waals surface area contributed by atoms with Crippen LogP contribution in [0.15, 0.2) is 0 Å². The van der Waals surface area contributed by atoms with E-state index in [1.165, 1.54) is 32.1 Å². The summed E-state index contributed by atoms with van der Waals surface area (Å²) in [5.74, 6) is 1.86. The Morgan fingerprint density at radius 2 is 1.48 bits per heavy atom. The maximum absolute atomic E-state index is 12.2. The van der Waals surface area contributed by atoms with E-state index in [0.29, 0.717) is 12.1 Å². The summed E-state index contributed by atoms with van der Waals surface area (Å²) in [6.45, 7) is 0. The van der Waals surface area contributed by atoms with Crippen LogP contribution >= 0.6 is 0 Å². The summed E-state index contributed by atoms with van der Waals surface area (Å²) in [5.41, 5.74) is 0. The zero-order valence-electron chi connectivity index (χ0n) is 12.8. The standard InChI is InChI=1S/C16H28N2O2S/c19-21(20,12-8-9-12)18-16-6-2-1-5-15(16)17-14-7-3-4-11-10-13(11)14/h11-18H,1-10H2/t11-,13+,14?,15-,16-/m1/s1. The van der Waals surface area contributed by atoms with Gasteiger partial charge in [0.2, 0.25) is 10.0 Å². The monoisotopic (exact) mass is 312 g/mol. The number of hydrogen-bond donors (Lipinski definition) is 2. The molecule has 0 heterocycles. The van der Waals surface area contributed by atoms with E-state index in [2.05, 4.69) is 10.0 Å². The second kappa shape index (κ2) is 5.50. The minimum Gasteiger partial charge on any atom is -0.309 e. The molecule has 4 fully saturated rings. The third kappa shape index (κ3) is 3.15. The molecule has 0 aromatic carbocycles. The van der Waals surface area contributed by atoms with Gasteiger partial charge in [0.15, 0.2) is 0 Å². The number of sulfonamides is 1. The molecule has 4 rings (SSSR count). The molecule has 0 bridgehead atoms. The zero-order chi connectivity index (χ0) is 14.4. The molecular weight excluding hydrogens is 284 g/mol. The van der Waals surface area contributed by atoms with Crippen LogP contribution in [0, 0.1) is 11.8 Å². The Hall–Kier alpha value is -0.130. The molecular formula is C16H28N2O2S. The third-order valence-electron chi connectivity index (χ3n) is 6.06. The van der Waals surface area contributed by atoms with Gasteiger partial charge in [-0.1, -0.05) is 25.7 Å². The van der Waals surface area contributed by atoms with Gasteiger partial charge in [-0.05, 0) is 50.4 Å². The van der Waals surface area contributed by atoms with E-state index in [-0.39, 0.29) is 11.3 Å². The van der Waals surface area contributed by atoms with Crippen molar-refractivity contribution in [3.8, 4) is 0 Å². The highest BCUT2D eigenvalue weighted by molar-refractivity contribution is 7.90. The lowest BCUT2D eigenvalue weighted by Gasteiger charge is -2.36. The molecule has 5 atom stereocenters. The minimum absolute atomic E-state index is 0.0948. The smallest absolute Gasteiger partial charge is 0.214 e. The minimum atomic E-state index is -3.05. The maximum atomic E-state index is 12.2. The molecule has 1 unspecified atom stereocenters. The Morgan fingerprint density at radius 3 is 2.24 bits per heavy atom. The molecule has 4 aliphatic carbocycles. The van der Waals surface area contributed by atoms with E-state index < -0.39 is 10.0 Å². The molecule has 0 aromatic heterocycles. The predicted molar refractivity (Wildman–Crippen MR) is 83.5 cm³/mol. The molecule has 0 radical (unpaired) electrons. The molecule has 2 N–H and O–H groups in total. The van der Waals surface area contributed by atoms with Gasteiger partial charge in [0.1, 0.15) is 0 Å². The molecule has 4 saturated carbocycles. The first-order valence-corrected chi connectivity index (χ1v) is 10.5. The lowest BCUT2D eigenvalue weighted by atomic mass is 9.88. The van der Waals surface area contributed by atoms with Gasteiger partial charge < -0.3 is 5.32 Å². The molecule has 0 amide bonds.